The number of amides is 1. The molecule has 0 unspecified atom stereocenters. The van der Waals surface area contributed by atoms with Crippen molar-refractivity contribution in [3.05, 3.63) is 48.5 Å². The Morgan fingerprint density at radius 1 is 1.14 bits per heavy atom. The van der Waals surface area contributed by atoms with E-state index in [0.29, 0.717) is 5.69 Å². The Morgan fingerprint density at radius 2 is 1.82 bits per heavy atom. The second kappa shape index (κ2) is 6.95. The van der Waals surface area contributed by atoms with Crippen LogP contribution in [0.1, 0.15) is 0 Å². The maximum absolute atomic E-state index is 12.6. The first-order chi connectivity index (χ1) is 10.5. The van der Waals surface area contributed by atoms with Gasteiger partial charge in [0.15, 0.2) is 0 Å². The van der Waals surface area contributed by atoms with Crippen molar-refractivity contribution in [2.75, 3.05) is 18.1 Å². The van der Waals surface area contributed by atoms with Gasteiger partial charge >= 0.3 is 0 Å². The molecule has 7 heteroatoms. The first-order valence-electron chi connectivity index (χ1n) is 6.46. The molecule has 0 atom stereocenters. The van der Waals surface area contributed by atoms with E-state index in [1.165, 1.54) is 23.9 Å². The second-order valence-electron chi connectivity index (χ2n) is 4.46. The number of hydrogen-bond acceptors (Lipinski definition) is 5. The van der Waals surface area contributed by atoms with Gasteiger partial charge < -0.3 is 11.1 Å². The van der Waals surface area contributed by atoms with Crippen LogP contribution in [-0.4, -0.2) is 27.1 Å². The van der Waals surface area contributed by atoms with Crippen LogP contribution in [0.25, 0.3) is 0 Å². The molecule has 1 amide bonds. The largest absolute Gasteiger partial charge is 0.325 e. The predicted molar refractivity (Wildman–Crippen MR) is 87.8 cm³/mol. The highest BCUT2D eigenvalue weighted by atomic mass is 32.2. The van der Waals surface area contributed by atoms with Crippen molar-refractivity contribution in [3.63, 3.8) is 0 Å². The van der Waals surface area contributed by atoms with Gasteiger partial charge in [-0.2, -0.15) is 0 Å². The van der Waals surface area contributed by atoms with Crippen molar-refractivity contribution in [1.82, 2.24) is 0 Å². The molecule has 3 N–H and O–H groups in total. The van der Waals surface area contributed by atoms with Crippen LogP contribution in [0.3, 0.4) is 0 Å². The lowest BCUT2D eigenvalue weighted by Crippen LogP contribution is -2.21. The van der Waals surface area contributed by atoms with Gasteiger partial charge in [-0.1, -0.05) is 6.07 Å². The zero-order valence-corrected chi connectivity index (χ0v) is 13.6. The molecule has 2 aromatic rings. The molecule has 0 radical (unpaired) electrons. The topological polar surface area (TPSA) is 89.3 Å². The average Bonchev–Trinajstić information content (AvgIpc) is 2.55. The number of benzene rings is 2. The highest BCUT2D eigenvalue weighted by Gasteiger charge is 2.17. The van der Waals surface area contributed by atoms with Gasteiger partial charge in [0.05, 0.1) is 16.3 Å². The van der Waals surface area contributed by atoms with Crippen LogP contribution in [0.4, 0.5) is 5.69 Å². The number of carbonyl (C=O) groups is 1. The highest BCUT2D eigenvalue weighted by Crippen LogP contribution is 2.25. The van der Waals surface area contributed by atoms with Gasteiger partial charge in [0.25, 0.3) is 0 Å². The Balaban J connectivity index is 2.31. The molecule has 22 heavy (non-hydrogen) atoms. The summed E-state index contributed by atoms with van der Waals surface area (Å²) in [6.07, 6.45) is 1.89. The van der Waals surface area contributed by atoms with Gasteiger partial charge in [-0.25, -0.2) is 8.42 Å². The minimum absolute atomic E-state index is 0.123. The molecule has 0 aromatic heterocycles. The number of sulfone groups is 1. The van der Waals surface area contributed by atoms with E-state index in [0.717, 1.165) is 4.90 Å². The third kappa shape index (κ3) is 3.68. The summed E-state index contributed by atoms with van der Waals surface area (Å²) < 4.78 is 25.2. The van der Waals surface area contributed by atoms with Gasteiger partial charge in [-0.15, -0.1) is 11.8 Å². The Kier molecular flexibility index (Phi) is 5.23. The molecule has 0 saturated carbocycles. The third-order valence-electron chi connectivity index (χ3n) is 2.99. The van der Waals surface area contributed by atoms with Gasteiger partial charge in [0.1, 0.15) is 0 Å². The molecule has 0 fully saturated rings. The smallest absolute Gasteiger partial charge is 0.238 e. The lowest BCUT2D eigenvalue weighted by atomic mass is 10.3. The van der Waals surface area contributed by atoms with E-state index in [9.17, 15) is 13.2 Å². The average molecular weight is 336 g/mol. The van der Waals surface area contributed by atoms with Crippen LogP contribution in [0.15, 0.2) is 63.2 Å². The van der Waals surface area contributed by atoms with Crippen LogP contribution in [0.5, 0.6) is 0 Å². The molecule has 2 aromatic carbocycles. The Morgan fingerprint density at radius 3 is 2.41 bits per heavy atom. The molecular weight excluding hydrogens is 320 g/mol. The summed E-state index contributed by atoms with van der Waals surface area (Å²) in [6, 6.07) is 12.8. The Hall–Kier alpha value is -1.83. The van der Waals surface area contributed by atoms with Gasteiger partial charge in [-0.3, -0.25) is 4.79 Å². The van der Waals surface area contributed by atoms with E-state index in [-0.39, 0.29) is 22.2 Å². The van der Waals surface area contributed by atoms with Crippen molar-refractivity contribution in [2.24, 2.45) is 5.73 Å². The van der Waals surface area contributed by atoms with Gasteiger partial charge in [0, 0.05) is 10.6 Å². The molecule has 2 rings (SSSR count). The van der Waals surface area contributed by atoms with E-state index in [4.69, 9.17) is 5.73 Å². The molecular formula is C15H16N2O3S2. The fourth-order valence-corrected chi connectivity index (χ4v) is 3.67. The van der Waals surface area contributed by atoms with Crippen molar-refractivity contribution in [3.8, 4) is 0 Å². The van der Waals surface area contributed by atoms with Crippen LogP contribution < -0.4 is 11.1 Å². The molecule has 0 spiro atoms. The minimum atomic E-state index is -3.57. The van der Waals surface area contributed by atoms with Crippen LogP contribution in [0, 0.1) is 0 Å². The number of carbonyl (C=O) groups excluding carboxylic acids is 1. The molecule has 5 nitrogen and oxygen atoms in total. The fourth-order valence-electron chi connectivity index (χ4n) is 1.83. The fraction of sp³-hybridized carbons (Fsp3) is 0.133. The monoisotopic (exact) mass is 336 g/mol. The standard InChI is InChI=1S/C15H16N2O3S2/c1-21-12-3-2-4-14(9-12)22(19,20)13-7-5-11(6-8-13)17-15(18)10-16/h2-9H,10,16H2,1H3,(H,17,18). The highest BCUT2D eigenvalue weighted by molar-refractivity contribution is 7.98. The Labute approximate surface area is 133 Å². The van der Waals surface area contributed by atoms with Crippen molar-refractivity contribution in [1.29, 1.82) is 0 Å². The summed E-state index contributed by atoms with van der Waals surface area (Å²) in [5, 5.41) is 2.57. The molecule has 0 bridgehead atoms. The second-order valence-corrected chi connectivity index (χ2v) is 7.29. The quantitative estimate of drug-likeness (QED) is 0.817. The molecule has 0 heterocycles. The van der Waals surface area contributed by atoms with Crippen molar-refractivity contribution in [2.45, 2.75) is 14.7 Å². The van der Waals surface area contributed by atoms with Crippen molar-refractivity contribution >= 4 is 33.2 Å². The van der Waals surface area contributed by atoms with Gasteiger partial charge in [0.2, 0.25) is 15.7 Å². The number of nitrogens with two attached hydrogens (primary N) is 1. The predicted octanol–water partition coefficient (Wildman–Crippen LogP) is 2.14. The summed E-state index contributed by atoms with van der Waals surface area (Å²) in [5.74, 6) is -0.330. The van der Waals surface area contributed by atoms with Gasteiger partial charge in [-0.05, 0) is 48.7 Å². The third-order valence-corrected chi connectivity index (χ3v) is 5.48. The van der Waals surface area contributed by atoms with E-state index in [1.807, 2.05) is 12.3 Å². The molecule has 0 aliphatic rings. The van der Waals surface area contributed by atoms with Crippen LogP contribution in [-0.2, 0) is 14.6 Å². The van der Waals surface area contributed by atoms with Crippen LogP contribution >= 0.6 is 11.8 Å². The van der Waals surface area contributed by atoms with Crippen LogP contribution in [0.2, 0.25) is 0 Å². The van der Waals surface area contributed by atoms with E-state index >= 15 is 0 Å². The molecule has 0 aliphatic heterocycles. The zero-order valence-electron chi connectivity index (χ0n) is 11.9. The first-order valence-corrected chi connectivity index (χ1v) is 9.17. The normalized spacial score (nSPS) is 11.2. The first kappa shape index (κ1) is 16.5. The maximum atomic E-state index is 12.6. The van der Waals surface area contributed by atoms with E-state index < -0.39 is 9.84 Å². The van der Waals surface area contributed by atoms with Crippen molar-refractivity contribution < 1.29 is 13.2 Å². The molecule has 0 saturated heterocycles. The minimum Gasteiger partial charge on any atom is -0.325 e. The summed E-state index contributed by atoms with van der Waals surface area (Å²) in [7, 11) is -3.57. The summed E-state index contributed by atoms with van der Waals surface area (Å²) >= 11 is 1.48. The molecule has 116 valence electrons. The summed E-state index contributed by atoms with van der Waals surface area (Å²) in [5.41, 5.74) is 5.72. The lowest BCUT2D eigenvalue weighted by molar-refractivity contribution is -0.114. The lowest BCUT2D eigenvalue weighted by Gasteiger charge is -2.08. The SMILES string of the molecule is CSc1cccc(S(=O)(=O)c2ccc(NC(=O)CN)cc2)c1. The number of anilines is 1. The Bertz CT molecular complexity index is 772. The maximum Gasteiger partial charge on any atom is 0.238 e. The summed E-state index contributed by atoms with van der Waals surface area (Å²) in [6.45, 7) is -0.123. The van der Waals surface area contributed by atoms with E-state index in [2.05, 4.69) is 5.32 Å². The number of hydrogen-bond donors (Lipinski definition) is 2. The van der Waals surface area contributed by atoms with E-state index in [1.54, 1.807) is 30.3 Å². The summed E-state index contributed by atoms with van der Waals surface area (Å²) in [4.78, 5) is 12.5. The zero-order chi connectivity index (χ0) is 16.2. The molecule has 0 aliphatic carbocycles. The number of rotatable bonds is 5. The number of nitrogens with one attached hydrogen (secondary N) is 1. The number of thioether (sulfide) groups is 1.